The lowest BCUT2D eigenvalue weighted by Gasteiger charge is -2.32. The van der Waals surface area contributed by atoms with Gasteiger partial charge in [0, 0.05) is 24.6 Å². The minimum absolute atomic E-state index is 0.0594. The Bertz CT molecular complexity index is 742. The number of carbonyl (C=O) groups excluding carboxylic acids is 2. The van der Waals surface area contributed by atoms with Crippen molar-refractivity contribution in [3.63, 3.8) is 0 Å². The molecule has 1 fully saturated rings. The molecule has 0 radical (unpaired) electrons. The van der Waals surface area contributed by atoms with Crippen molar-refractivity contribution in [2.24, 2.45) is 5.92 Å². The largest absolute Gasteiger partial charge is 0.461 e. The van der Waals surface area contributed by atoms with Gasteiger partial charge in [0.15, 0.2) is 5.00 Å². The molecule has 0 unspecified atom stereocenters. The van der Waals surface area contributed by atoms with Crippen molar-refractivity contribution in [3.8, 4) is 0 Å². The Hall–Kier alpha value is -2.48. The molecule has 0 aliphatic carbocycles. The van der Waals surface area contributed by atoms with Crippen molar-refractivity contribution < 1.29 is 14.3 Å². The number of rotatable bonds is 5. The van der Waals surface area contributed by atoms with Crippen LogP contribution < -0.4 is 5.32 Å². The number of piperidine rings is 1. The van der Waals surface area contributed by atoms with Crippen LogP contribution in [0.25, 0.3) is 0 Å². The van der Waals surface area contributed by atoms with E-state index >= 15 is 0 Å². The van der Waals surface area contributed by atoms with Crippen LogP contribution in [0.4, 0.5) is 9.80 Å². The highest BCUT2D eigenvalue weighted by molar-refractivity contribution is 7.10. The molecule has 1 aliphatic rings. The lowest BCUT2D eigenvalue weighted by Crippen LogP contribution is -2.41. The van der Waals surface area contributed by atoms with E-state index in [1.807, 2.05) is 6.07 Å². The predicted molar refractivity (Wildman–Crippen MR) is 99.3 cm³/mol. The number of urea groups is 1. The minimum Gasteiger partial charge on any atom is -0.461 e. The molecule has 0 spiro atoms. The van der Waals surface area contributed by atoms with Gasteiger partial charge in [0.1, 0.15) is 0 Å². The van der Waals surface area contributed by atoms with Gasteiger partial charge in [-0.25, -0.2) is 9.59 Å². The highest BCUT2D eigenvalue weighted by Crippen LogP contribution is 2.24. The Kier molecular flexibility index (Phi) is 6.17. The van der Waals surface area contributed by atoms with Crippen LogP contribution in [-0.2, 0) is 11.2 Å². The van der Waals surface area contributed by atoms with Crippen LogP contribution in [0.2, 0.25) is 0 Å². The second-order valence-corrected chi connectivity index (χ2v) is 6.98. The molecule has 8 heteroatoms. The van der Waals surface area contributed by atoms with E-state index in [4.69, 9.17) is 4.74 Å². The van der Waals surface area contributed by atoms with Gasteiger partial charge in [0.05, 0.1) is 6.61 Å². The van der Waals surface area contributed by atoms with Crippen LogP contribution in [0.5, 0.6) is 0 Å². The van der Waals surface area contributed by atoms with Gasteiger partial charge in [-0.1, -0.05) is 34.8 Å². The number of carbonyl (C=O) groups is 2. The fraction of sp³-hybridized carbons (Fsp3) is 0.444. The molecule has 2 amide bonds. The summed E-state index contributed by atoms with van der Waals surface area (Å²) < 4.78 is 8.67. The van der Waals surface area contributed by atoms with Gasteiger partial charge in [-0.15, -0.1) is 5.10 Å². The van der Waals surface area contributed by atoms with E-state index in [2.05, 4.69) is 39.2 Å². The monoisotopic (exact) mass is 374 g/mol. The molecule has 1 aromatic carbocycles. The first-order valence-corrected chi connectivity index (χ1v) is 9.54. The van der Waals surface area contributed by atoms with Gasteiger partial charge in [-0.05, 0) is 37.7 Å². The molecule has 1 aliphatic heterocycles. The maximum absolute atomic E-state index is 12.5. The maximum atomic E-state index is 12.5. The normalized spacial score (nSPS) is 14.9. The summed E-state index contributed by atoms with van der Waals surface area (Å²) in [7, 11) is 0. The highest BCUT2D eigenvalue weighted by atomic mass is 32.1. The van der Waals surface area contributed by atoms with Gasteiger partial charge >= 0.3 is 12.0 Å². The molecule has 7 nitrogen and oxygen atoms in total. The molecule has 2 aromatic rings. The average Bonchev–Trinajstić information content (AvgIpc) is 3.11. The van der Waals surface area contributed by atoms with E-state index in [1.54, 1.807) is 11.8 Å². The summed E-state index contributed by atoms with van der Waals surface area (Å²) in [4.78, 5) is 26.1. The van der Waals surface area contributed by atoms with Gasteiger partial charge < -0.3 is 9.64 Å². The second kappa shape index (κ2) is 8.75. The fourth-order valence-electron chi connectivity index (χ4n) is 3.07. The number of nitrogens with zero attached hydrogens (tertiary/aromatic N) is 3. The number of hydrogen-bond acceptors (Lipinski definition) is 6. The van der Waals surface area contributed by atoms with Gasteiger partial charge in [0.25, 0.3) is 0 Å². The van der Waals surface area contributed by atoms with Crippen molar-refractivity contribution in [2.45, 2.75) is 26.2 Å². The maximum Gasteiger partial charge on any atom is 0.362 e. The summed E-state index contributed by atoms with van der Waals surface area (Å²) in [6.07, 6.45) is 2.98. The molecular formula is C18H22N4O3S. The van der Waals surface area contributed by atoms with Crippen molar-refractivity contribution in [3.05, 3.63) is 41.6 Å². The zero-order chi connectivity index (χ0) is 18.4. The van der Waals surface area contributed by atoms with E-state index < -0.39 is 5.97 Å². The van der Waals surface area contributed by atoms with Crippen LogP contribution in [-0.4, -0.2) is 46.2 Å². The predicted octanol–water partition coefficient (Wildman–Crippen LogP) is 3.20. The zero-order valence-electron chi connectivity index (χ0n) is 14.7. The third kappa shape index (κ3) is 4.57. The summed E-state index contributed by atoms with van der Waals surface area (Å²) in [6.45, 7) is 3.36. The first-order chi connectivity index (χ1) is 12.7. The Morgan fingerprint density at radius 2 is 2.00 bits per heavy atom. The highest BCUT2D eigenvalue weighted by Gasteiger charge is 2.25. The molecule has 1 N–H and O–H groups in total. The van der Waals surface area contributed by atoms with E-state index in [9.17, 15) is 9.59 Å². The van der Waals surface area contributed by atoms with Gasteiger partial charge in [0.2, 0.25) is 5.69 Å². The molecular weight excluding hydrogens is 352 g/mol. The lowest BCUT2D eigenvalue weighted by atomic mass is 9.90. The SMILES string of the molecule is CCOC(=O)c1nnsc1NC(=O)N1CCC(Cc2ccccc2)CC1. The van der Waals surface area contributed by atoms with Gasteiger partial charge in [-0.2, -0.15) is 0 Å². The second-order valence-electron chi connectivity index (χ2n) is 6.22. The summed E-state index contributed by atoms with van der Waals surface area (Å²) >= 11 is 0.978. The zero-order valence-corrected chi connectivity index (χ0v) is 15.5. The number of benzene rings is 1. The molecule has 0 saturated carbocycles. The van der Waals surface area contributed by atoms with Crippen molar-refractivity contribution >= 4 is 28.5 Å². The lowest BCUT2D eigenvalue weighted by molar-refractivity contribution is 0.0520. The number of anilines is 1. The van der Waals surface area contributed by atoms with Crippen LogP contribution in [0.3, 0.4) is 0 Å². The van der Waals surface area contributed by atoms with Crippen LogP contribution >= 0.6 is 11.5 Å². The Morgan fingerprint density at radius 3 is 2.69 bits per heavy atom. The standard InChI is InChI=1S/C18H22N4O3S/c1-2-25-17(23)15-16(26-21-20-15)19-18(24)22-10-8-14(9-11-22)12-13-6-4-3-5-7-13/h3-7,14H,2,8-12H2,1H3,(H,19,24). The summed E-state index contributed by atoms with van der Waals surface area (Å²) in [5.74, 6) is 0.0136. The number of amides is 2. The minimum atomic E-state index is -0.571. The third-order valence-corrected chi connectivity index (χ3v) is 5.09. The Balaban J connectivity index is 1.51. The quantitative estimate of drug-likeness (QED) is 0.813. The molecule has 26 heavy (non-hydrogen) atoms. The Labute approximate surface area is 156 Å². The van der Waals surface area contributed by atoms with Crippen molar-refractivity contribution in [1.82, 2.24) is 14.5 Å². The number of hydrogen-bond donors (Lipinski definition) is 1. The summed E-state index contributed by atoms with van der Waals surface area (Å²) in [5, 5.41) is 6.83. The number of aromatic nitrogens is 2. The van der Waals surface area contributed by atoms with Crippen LogP contribution in [0.15, 0.2) is 30.3 Å². The van der Waals surface area contributed by atoms with E-state index in [1.165, 1.54) is 5.56 Å². The topological polar surface area (TPSA) is 84.4 Å². The summed E-state index contributed by atoms with van der Waals surface area (Å²) in [5.41, 5.74) is 1.40. The number of esters is 1. The fourth-order valence-corrected chi connectivity index (χ4v) is 3.62. The number of likely N-dealkylation sites (tertiary alicyclic amines) is 1. The number of ether oxygens (including phenoxy) is 1. The van der Waals surface area contributed by atoms with E-state index in [0.29, 0.717) is 24.0 Å². The molecule has 1 saturated heterocycles. The molecule has 3 rings (SSSR count). The molecule has 0 atom stereocenters. The molecule has 2 heterocycles. The molecule has 0 bridgehead atoms. The molecule has 1 aromatic heterocycles. The van der Waals surface area contributed by atoms with Crippen LogP contribution in [0.1, 0.15) is 35.8 Å². The van der Waals surface area contributed by atoms with E-state index in [0.717, 1.165) is 30.8 Å². The van der Waals surface area contributed by atoms with Crippen molar-refractivity contribution in [2.75, 3.05) is 25.0 Å². The van der Waals surface area contributed by atoms with Crippen LogP contribution in [0, 0.1) is 5.92 Å². The number of nitrogens with one attached hydrogen (secondary N) is 1. The third-order valence-electron chi connectivity index (χ3n) is 4.45. The van der Waals surface area contributed by atoms with E-state index in [-0.39, 0.29) is 18.3 Å². The van der Waals surface area contributed by atoms with Gasteiger partial charge in [-0.3, -0.25) is 5.32 Å². The smallest absolute Gasteiger partial charge is 0.362 e. The Morgan fingerprint density at radius 1 is 1.27 bits per heavy atom. The van der Waals surface area contributed by atoms with Crippen molar-refractivity contribution in [1.29, 1.82) is 0 Å². The molecule has 138 valence electrons. The first kappa shape index (κ1) is 18.3. The first-order valence-electron chi connectivity index (χ1n) is 8.76. The summed E-state index contributed by atoms with van der Waals surface area (Å²) in [6, 6.07) is 10.2. The average molecular weight is 374 g/mol.